The molecule has 120 valence electrons. The molecule has 3 rings (SSSR count). The van der Waals surface area contributed by atoms with Crippen molar-refractivity contribution in [2.24, 2.45) is 0 Å². The highest BCUT2D eigenvalue weighted by atomic mass is 35.5. The number of anilines is 1. The first-order valence-electron chi connectivity index (χ1n) is 7.37. The van der Waals surface area contributed by atoms with E-state index in [9.17, 15) is 4.39 Å². The zero-order chi connectivity index (χ0) is 16.4. The smallest absolute Gasteiger partial charge is 0.140 e. The zero-order valence-electron chi connectivity index (χ0n) is 13.0. The molecule has 0 atom stereocenters. The Balaban J connectivity index is 2.02. The summed E-state index contributed by atoms with van der Waals surface area (Å²) in [4.78, 5) is 9.71. The maximum absolute atomic E-state index is 14.3. The first-order chi connectivity index (χ1) is 11.0. The number of rotatable bonds is 5. The average Bonchev–Trinajstić information content (AvgIpc) is 2.94. The lowest BCUT2D eigenvalue weighted by Gasteiger charge is -2.13. The second-order valence-electron chi connectivity index (χ2n) is 5.65. The summed E-state index contributed by atoms with van der Waals surface area (Å²) < 4.78 is 14.3. The number of hydrogen-bond donors (Lipinski definition) is 2. The van der Waals surface area contributed by atoms with Crippen LogP contribution in [0.4, 0.5) is 10.2 Å². The minimum Gasteiger partial charge on any atom is -0.369 e. The monoisotopic (exact) mass is 332 g/mol. The molecule has 0 aliphatic rings. The molecule has 3 aromatic rings. The Morgan fingerprint density at radius 2 is 2.04 bits per heavy atom. The summed E-state index contributed by atoms with van der Waals surface area (Å²) in [6, 6.07) is 8.49. The second kappa shape index (κ2) is 6.56. The summed E-state index contributed by atoms with van der Waals surface area (Å²) in [5.74, 6) is 0.372. The van der Waals surface area contributed by atoms with E-state index >= 15 is 0 Å². The van der Waals surface area contributed by atoms with Crippen molar-refractivity contribution in [1.82, 2.24) is 14.9 Å². The number of benzene rings is 1. The maximum atomic E-state index is 14.3. The topological polar surface area (TPSA) is 44.0 Å². The van der Waals surface area contributed by atoms with E-state index in [0.717, 1.165) is 29.7 Å². The zero-order valence-corrected chi connectivity index (χ0v) is 13.8. The predicted molar refractivity (Wildman–Crippen MR) is 93.5 cm³/mol. The van der Waals surface area contributed by atoms with Gasteiger partial charge in [0.05, 0.1) is 0 Å². The van der Waals surface area contributed by atoms with Gasteiger partial charge >= 0.3 is 0 Å². The molecule has 0 saturated carbocycles. The first-order valence-corrected chi connectivity index (χ1v) is 7.74. The first kappa shape index (κ1) is 15.8. The molecule has 4 nitrogen and oxygen atoms in total. The molecule has 0 saturated heterocycles. The van der Waals surface area contributed by atoms with Crippen LogP contribution in [0.2, 0.25) is 5.02 Å². The molecule has 0 spiro atoms. The van der Waals surface area contributed by atoms with Crippen LogP contribution in [0.3, 0.4) is 0 Å². The van der Waals surface area contributed by atoms with Gasteiger partial charge in [0.2, 0.25) is 0 Å². The van der Waals surface area contributed by atoms with Crippen molar-refractivity contribution < 1.29 is 4.39 Å². The third kappa shape index (κ3) is 3.46. The SMILES string of the molecule is CN(C)CCNc1cc(-c2ccc(Cl)cc2F)c2cc[nH]c2n1. The van der Waals surface area contributed by atoms with Crippen molar-refractivity contribution in [2.45, 2.75) is 0 Å². The standard InChI is InChI=1S/C17H18ClFN4/c1-23(2)8-7-20-16-10-14(13-5-6-21-17(13)22-16)12-4-3-11(18)9-15(12)19/h3-6,9-10H,7-8H2,1-2H3,(H2,20,21,22). The Kier molecular flexibility index (Phi) is 4.50. The van der Waals surface area contributed by atoms with Crippen LogP contribution in [0, 0.1) is 5.82 Å². The summed E-state index contributed by atoms with van der Waals surface area (Å²) in [5, 5.41) is 4.54. The number of fused-ring (bicyclic) bond motifs is 1. The van der Waals surface area contributed by atoms with Crippen molar-refractivity contribution in [1.29, 1.82) is 0 Å². The molecule has 0 amide bonds. The fourth-order valence-electron chi connectivity index (χ4n) is 2.47. The van der Waals surface area contributed by atoms with E-state index in [1.807, 2.05) is 26.2 Å². The number of halogens is 2. The van der Waals surface area contributed by atoms with Gasteiger partial charge in [-0.15, -0.1) is 0 Å². The van der Waals surface area contributed by atoms with E-state index in [4.69, 9.17) is 11.6 Å². The van der Waals surface area contributed by atoms with Gasteiger partial charge in [0.25, 0.3) is 0 Å². The number of H-pyrrole nitrogens is 1. The third-order valence-electron chi connectivity index (χ3n) is 3.62. The Morgan fingerprint density at radius 1 is 1.22 bits per heavy atom. The summed E-state index contributed by atoms with van der Waals surface area (Å²) in [6.45, 7) is 1.64. The number of nitrogens with one attached hydrogen (secondary N) is 2. The molecular formula is C17H18ClFN4. The highest BCUT2D eigenvalue weighted by Crippen LogP contribution is 2.32. The Morgan fingerprint density at radius 3 is 2.78 bits per heavy atom. The molecule has 6 heteroatoms. The van der Waals surface area contributed by atoms with E-state index in [2.05, 4.69) is 20.2 Å². The molecule has 0 aliphatic carbocycles. The lowest BCUT2D eigenvalue weighted by Crippen LogP contribution is -2.21. The van der Waals surface area contributed by atoms with Gasteiger partial charge in [-0.05, 0) is 50.0 Å². The normalized spacial score (nSPS) is 11.3. The van der Waals surface area contributed by atoms with Crippen LogP contribution in [0.15, 0.2) is 36.5 Å². The second-order valence-corrected chi connectivity index (χ2v) is 6.09. The number of hydrogen-bond acceptors (Lipinski definition) is 3. The van der Waals surface area contributed by atoms with Gasteiger partial charge < -0.3 is 15.2 Å². The summed E-state index contributed by atoms with van der Waals surface area (Å²) in [7, 11) is 4.02. The van der Waals surface area contributed by atoms with Crippen molar-refractivity contribution in [3.63, 3.8) is 0 Å². The van der Waals surface area contributed by atoms with E-state index in [-0.39, 0.29) is 5.82 Å². The Hall–Kier alpha value is -2.11. The van der Waals surface area contributed by atoms with Crippen molar-refractivity contribution in [3.8, 4) is 11.1 Å². The number of pyridine rings is 1. The predicted octanol–water partition coefficient (Wildman–Crippen LogP) is 4.00. The van der Waals surface area contributed by atoms with Crippen LogP contribution in [0.5, 0.6) is 0 Å². The molecule has 2 N–H and O–H groups in total. The Labute approximate surface area is 139 Å². The third-order valence-corrected chi connectivity index (χ3v) is 3.85. The summed E-state index contributed by atoms with van der Waals surface area (Å²) in [5.41, 5.74) is 2.03. The molecule has 0 aliphatic heterocycles. The van der Waals surface area contributed by atoms with Gasteiger partial charge in [0.15, 0.2) is 0 Å². The van der Waals surface area contributed by atoms with Crippen LogP contribution >= 0.6 is 11.6 Å². The van der Waals surface area contributed by atoms with Crippen molar-refractivity contribution >= 4 is 28.5 Å². The van der Waals surface area contributed by atoms with E-state index < -0.39 is 0 Å². The molecule has 0 bridgehead atoms. The lowest BCUT2D eigenvalue weighted by atomic mass is 10.0. The number of nitrogens with zero attached hydrogens (tertiary/aromatic N) is 2. The van der Waals surface area contributed by atoms with Crippen LogP contribution in [-0.4, -0.2) is 42.1 Å². The number of likely N-dealkylation sites (N-methyl/N-ethyl adjacent to an activating group) is 1. The highest BCUT2D eigenvalue weighted by Gasteiger charge is 2.13. The maximum Gasteiger partial charge on any atom is 0.140 e. The van der Waals surface area contributed by atoms with Gasteiger partial charge in [-0.2, -0.15) is 0 Å². The molecule has 0 radical (unpaired) electrons. The molecule has 2 heterocycles. The van der Waals surface area contributed by atoms with Gasteiger partial charge in [0, 0.05) is 35.3 Å². The van der Waals surface area contributed by atoms with Gasteiger partial charge in [0.1, 0.15) is 17.3 Å². The molecule has 0 fully saturated rings. The minimum absolute atomic E-state index is 0.342. The summed E-state index contributed by atoms with van der Waals surface area (Å²) >= 11 is 5.86. The van der Waals surface area contributed by atoms with E-state index in [1.165, 1.54) is 6.07 Å². The van der Waals surface area contributed by atoms with Crippen LogP contribution in [-0.2, 0) is 0 Å². The highest BCUT2D eigenvalue weighted by molar-refractivity contribution is 6.30. The number of aromatic amines is 1. The van der Waals surface area contributed by atoms with E-state index in [0.29, 0.717) is 16.4 Å². The summed E-state index contributed by atoms with van der Waals surface area (Å²) in [6.07, 6.45) is 1.80. The fourth-order valence-corrected chi connectivity index (χ4v) is 2.63. The van der Waals surface area contributed by atoms with Crippen molar-refractivity contribution in [2.75, 3.05) is 32.5 Å². The molecule has 1 aromatic carbocycles. The Bertz CT molecular complexity index is 829. The van der Waals surface area contributed by atoms with Gasteiger partial charge in [-0.1, -0.05) is 11.6 Å². The molecule has 0 unspecified atom stereocenters. The van der Waals surface area contributed by atoms with Gasteiger partial charge in [-0.3, -0.25) is 0 Å². The molecular weight excluding hydrogens is 315 g/mol. The van der Waals surface area contributed by atoms with E-state index in [1.54, 1.807) is 18.3 Å². The average molecular weight is 333 g/mol. The number of aromatic nitrogens is 2. The van der Waals surface area contributed by atoms with Gasteiger partial charge in [-0.25, -0.2) is 9.37 Å². The quantitative estimate of drug-likeness (QED) is 0.742. The minimum atomic E-state index is -0.342. The van der Waals surface area contributed by atoms with Crippen LogP contribution in [0.25, 0.3) is 22.2 Å². The molecule has 2 aromatic heterocycles. The fraction of sp³-hybridized carbons (Fsp3) is 0.235. The lowest BCUT2D eigenvalue weighted by molar-refractivity contribution is 0.425. The van der Waals surface area contributed by atoms with Crippen LogP contribution in [0.1, 0.15) is 0 Å². The molecule has 23 heavy (non-hydrogen) atoms. The largest absolute Gasteiger partial charge is 0.369 e. The van der Waals surface area contributed by atoms with Crippen molar-refractivity contribution in [3.05, 3.63) is 47.4 Å². The van der Waals surface area contributed by atoms with Crippen LogP contribution < -0.4 is 5.32 Å².